The first kappa shape index (κ1) is 21.8. The Morgan fingerprint density at radius 2 is 2.06 bits per heavy atom. The number of aromatic nitrogens is 2. The summed E-state index contributed by atoms with van der Waals surface area (Å²) in [6, 6.07) is 9.66. The molecule has 1 N–H and O–H groups in total. The van der Waals surface area contributed by atoms with E-state index in [4.69, 9.17) is 21.3 Å². The number of nitrogens with zero attached hydrogens (tertiary/aromatic N) is 3. The Bertz CT molecular complexity index is 1420. The van der Waals surface area contributed by atoms with Gasteiger partial charge in [0.15, 0.2) is 22.3 Å². The zero-order valence-electron chi connectivity index (χ0n) is 18.1. The molecule has 4 heterocycles. The standard InChI is InChI=1S/C23H21ClN4O4S2/c24-20-6-5-19(33-20)22-26-17-12-34(30,31)11-16(17)23(27-22)28-8-7-13-1-4-15(9-18(13)28)32-10-21(29)25-14-2-3-14/h1,4-6,9,14H,2-3,7-8,10-12H2,(H,25,29). The number of anilines is 2. The number of ether oxygens (including phenoxy) is 1. The zero-order chi connectivity index (χ0) is 23.4. The lowest BCUT2D eigenvalue weighted by Gasteiger charge is -2.22. The van der Waals surface area contributed by atoms with Gasteiger partial charge in [-0.05, 0) is 43.0 Å². The van der Waals surface area contributed by atoms with E-state index in [2.05, 4.69) is 10.3 Å². The summed E-state index contributed by atoms with van der Waals surface area (Å²) in [5.74, 6) is 1.36. The molecule has 6 rings (SSSR count). The number of carbonyl (C=O) groups excluding carboxylic acids is 1. The minimum absolute atomic E-state index is 0.0419. The van der Waals surface area contributed by atoms with Crippen molar-refractivity contribution in [3.05, 3.63) is 51.5 Å². The Kier molecular flexibility index (Phi) is 5.27. The lowest BCUT2D eigenvalue weighted by atomic mass is 10.1. The van der Waals surface area contributed by atoms with Crippen molar-refractivity contribution in [1.82, 2.24) is 15.3 Å². The highest BCUT2D eigenvalue weighted by molar-refractivity contribution is 7.90. The first-order valence-corrected chi connectivity index (χ1v) is 14.0. The van der Waals surface area contributed by atoms with Crippen LogP contribution in [-0.2, 0) is 32.6 Å². The predicted molar refractivity (Wildman–Crippen MR) is 130 cm³/mol. The number of amides is 1. The molecule has 1 saturated carbocycles. The topological polar surface area (TPSA) is 101 Å². The molecule has 0 atom stereocenters. The van der Waals surface area contributed by atoms with Crippen LogP contribution in [0.2, 0.25) is 4.34 Å². The third-order valence-electron chi connectivity index (χ3n) is 6.11. The zero-order valence-corrected chi connectivity index (χ0v) is 20.5. The Balaban J connectivity index is 1.35. The van der Waals surface area contributed by atoms with E-state index in [0.717, 1.165) is 35.4 Å². The van der Waals surface area contributed by atoms with Crippen LogP contribution in [0.1, 0.15) is 29.7 Å². The normalized spacial score (nSPS) is 18.0. The molecule has 176 valence electrons. The van der Waals surface area contributed by atoms with E-state index in [0.29, 0.717) is 39.5 Å². The van der Waals surface area contributed by atoms with E-state index in [1.54, 1.807) is 6.07 Å². The molecule has 11 heteroatoms. The second kappa shape index (κ2) is 8.21. The Morgan fingerprint density at radius 3 is 2.82 bits per heavy atom. The Morgan fingerprint density at radius 1 is 1.21 bits per heavy atom. The van der Waals surface area contributed by atoms with Crippen molar-refractivity contribution in [2.75, 3.05) is 18.1 Å². The van der Waals surface area contributed by atoms with Crippen LogP contribution in [0.25, 0.3) is 10.7 Å². The molecule has 3 aromatic rings. The molecule has 1 fully saturated rings. The van der Waals surface area contributed by atoms with Gasteiger partial charge in [0.05, 0.1) is 26.4 Å². The molecule has 1 aromatic carbocycles. The molecule has 2 aliphatic heterocycles. The van der Waals surface area contributed by atoms with Gasteiger partial charge in [-0.15, -0.1) is 11.3 Å². The fourth-order valence-electron chi connectivity index (χ4n) is 4.35. The van der Waals surface area contributed by atoms with Crippen LogP contribution in [0.3, 0.4) is 0 Å². The van der Waals surface area contributed by atoms with Crippen LogP contribution in [0, 0.1) is 0 Å². The monoisotopic (exact) mass is 516 g/mol. The molecule has 1 aliphatic carbocycles. The van der Waals surface area contributed by atoms with E-state index >= 15 is 0 Å². The van der Waals surface area contributed by atoms with Gasteiger partial charge in [-0.2, -0.15) is 0 Å². The smallest absolute Gasteiger partial charge is 0.258 e. The SMILES string of the molecule is O=C(COc1ccc2c(c1)N(c1nc(-c3ccc(Cl)s3)nc3c1CS(=O)(=O)C3)CC2)NC1CC1. The number of halogens is 1. The first-order valence-electron chi connectivity index (χ1n) is 11.0. The van der Waals surface area contributed by atoms with Crippen LogP contribution in [0.5, 0.6) is 5.75 Å². The molecule has 2 aromatic heterocycles. The summed E-state index contributed by atoms with van der Waals surface area (Å²) in [4.78, 5) is 24.2. The third kappa shape index (κ3) is 4.25. The maximum atomic E-state index is 12.5. The van der Waals surface area contributed by atoms with Gasteiger partial charge in [0.25, 0.3) is 5.91 Å². The summed E-state index contributed by atoms with van der Waals surface area (Å²) < 4.78 is 31.3. The highest BCUT2D eigenvalue weighted by Crippen LogP contribution is 2.42. The number of hydrogen-bond donors (Lipinski definition) is 1. The maximum Gasteiger partial charge on any atom is 0.258 e. The second-order valence-electron chi connectivity index (χ2n) is 8.75. The van der Waals surface area contributed by atoms with Crippen molar-refractivity contribution >= 4 is 50.2 Å². The molecule has 0 unspecified atom stereocenters. The number of nitrogens with one attached hydrogen (secondary N) is 1. The van der Waals surface area contributed by atoms with Gasteiger partial charge in [-0.1, -0.05) is 17.7 Å². The van der Waals surface area contributed by atoms with E-state index < -0.39 is 9.84 Å². The summed E-state index contributed by atoms with van der Waals surface area (Å²) in [5, 5.41) is 2.91. The van der Waals surface area contributed by atoms with Crippen molar-refractivity contribution < 1.29 is 17.9 Å². The minimum atomic E-state index is -3.28. The quantitative estimate of drug-likeness (QED) is 0.533. The highest BCUT2D eigenvalue weighted by Gasteiger charge is 2.34. The van der Waals surface area contributed by atoms with Crippen LogP contribution in [0.15, 0.2) is 30.3 Å². The highest BCUT2D eigenvalue weighted by atomic mass is 35.5. The number of sulfone groups is 1. The molecule has 0 spiro atoms. The summed E-state index contributed by atoms with van der Waals surface area (Å²) in [6.45, 7) is 0.620. The summed E-state index contributed by atoms with van der Waals surface area (Å²) in [5.41, 5.74) is 3.21. The molecule has 34 heavy (non-hydrogen) atoms. The molecule has 0 bridgehead atoms. The van der Waals surface area contributed by atoms with Gasteiger partial charge in [0, 0.05) is 29.9 Å². The van der Waals surface area contributed by atoms with Crippen molar-refractivity contribution in [2.24, 2.45) is 0 Å². The lowest BCUT2D eigenvalue weighted by Crippen LogP contribution is -2.30. The van der Waals surface area contributed by atoms with E-state index in [1.165, 1.54) is 11.3 Å². The van der Waals surface area contributed by atoms with Crippen LogP contribution in [-0.4, -0.2) is 43.5 Å². The number of benzene rings is 1. The van der Waals surface area contributed by atoms with Gasteiger partial charge in [0.1, 0.15) is 11.6 Å². The molecular formula is C23H21ClN4O4S2. The molecule has 0 saturated heterocycles. The number of rotatable bonds is 6. The Hall–Kier alpha value is -2.69. The molecule has 0 radical (unpaired) electrons. The van der Waals surface area contributed by atoms with Gasteiger partial charge < -0.3 is 15.0 Å². The molecule has 3 aliphatic rings. The van der Waals surface area contributed by atoms with Crippen molar-refractivity contribution in [1.29, 1.82) is 0 Å². The lowest BCUT2D eigenvalue weighted by molar-refractivity contribution is -0.123. The van der Waals surface area contributed by atoms with Crippen LogP contribution < -0.4 is 15.0 Å². The Labute approximate surface area is 205 Å². The van der Waals surface area contributed by atoms with Gasteiger partial charge in [-0.3, -0.25) is 4.79 Å². The average Bonchev–Trinajstić information content (AvgIpc) is 3.19. The van der Waals surface area contributed by atoms with Crippen molar-refractivity contribution in [3.63, 3.8) is 0 Å². The predicted octanol–water partition coefficient (Wildman–Crippen LogP) is 3.64. The first-order chi connectivity index (χ1) is 16.3. The van der Waals surface area contributed by atoms with Gasteiger partial charge in [-0.25, -0.2) is 18.4 Å². The summed E-state index contributed by atoms with van der Waals surface area (Å²) >= 11 is 7.48. The number of carbonyl (C=O) groups is 1. The summed E-state index contributed by atoms with van der Waals surface area (Å²) in [6.07, 6.45) is 2.85. The molecule has 1 amide bonds. The number of hydrogen-bond acceptors (Lipinski definition) is 8. The number of fused-ring (bicyclic) bond motifs is 2. The van der Waals surface area contributed by atoms with Gasteiger partial charge >= 0.3 is 0 Å². The van der Waals surface area contributed by atoms with E-state index in [-0.39, 0.29) is 30.1 Å². The maximum absolute atomic E-state index is 12.5. The summed E-state index contributed by atoms with van der Waals surface area (Å²) in [7, 11) is -3.28. The largest absolute Gasteiger partial charge is 0.484 e. The third-order valence-corrected chi connectivity index (χ3v) is 8.77. The second-order valence-corrected chi connectivity index (χ2v) is 12.5. The van der Waals surface area contributed by atoms with Crippen LogP contribution in [0.4, 0.5) is 11.5 Å². The van der Waals surface area contributed by atoms with E-state index in [1.807, 2.05) is 29.2 Å². The minimum Gasteiger partial charge on any atom is -0.484 e. The fraction of sp³-hybridized carbons (Fsp3) is 0.348. The fourth-order valence-corrected chi connectivity index (χ4v) is 6.82. The van der Waals surface area contributed by atoms with E-state index in [9.17, 15) is 13.2 Å². The average molecular weight is 517 g/mol. The number of thiophene rings is 1. The van der Waals surface area contributed by atoms with Gasteiger partial charge in [0.2, 0.25) is 0 Å². The van der Waals surface area contributed by atoms with Crippen molar-refractivity contribution in [3.8, 4) is 16.5 Å². The molecule has 8 nitrogen and oxygen atoms in total. The van der Waals surface area contributed by atoms with Crippen LogP contribution >= 0.6 is 22.9 Å². The molecular weight excluding hydrogens is 496 g/mol. The van der Waals surface area contributed by atoms with Crippen molar-refractivity contribution in [2.45, 2.75) is 36.8 Å².